The highest BCUT2D eigenvalue weighted by Gasteiger charge is 2.42. The maximum Gasteiger partial charge on any atom is 0.220 e. The average Bonchev–Trinajstić information content (AvgIpc) is 2.62. The van der Waals surface area contributed by atoms with Crippen molar-refractivity contribution in [2.75, 3.05) is 6.54 Å². The summed E-state index contributed by atoms with van der Waals surface area (Å²) in [4.78, 5) is 10.9. The third-order valence-electron chi connectivity index (χ3n) is 3.09. The zero-order valence-electron chi connectivity index (χ0n) is 7.10. The van der Waals surface area contributed by atoms with E-state index in [4.69, 9.17) is 5.73 Å². The molecule has 2 rings (SSSR count). The van der Waals surface area contributed by atoms with Crippen LogP contribution >= 0.6 is 0 Å². The molecule has 0 radical (unpaired) electrons. The van der Waals surface area contributed by atoms with Crippen molar-refractivity contribution in [3.05, 3.63) is 0 Å². The van der Waals surface area contributed by atoms with Gasteiger partial charge in [0.2, 0.25) is 5.91 Å². The molecule has 0 aromatic carbocycles. The first-order chi connectivity index (χ1) is 5.72. The summed E-state index contributed by atoms with van der Waals surface area (Å²) in [6.07, 6.45) is 4.06. The fraction of sp³-hybridized carbons (Fsp3) is 0.875. The summed E-state index contributed by atoms with van der Waals surface area (Å²) < 4.78 is 0. The van der Waals surface area contributed by atoms with Crippen LogP contribution in [0.25, 0.3) is 0 Å². The van der Waals surface area contributed by atoms with Crippen molar-refractivity contribution >= 4 is 5.91 Å². The molecule has 1 amide bonds. The number of hydrogen-bond acceptors (Lipinski definition) is 3. The Kier molecular flexibility index (Phi) is 1.81. The molecule has 0 aromatic rings. The molecule has 1 heterocycles. The normalized spacial score (nSPS) is 40.8. The summed E-state index contributed by atoms with van der Waals surface area (Å²) in [5.41, 5.74) is 11.8. The van der Waals surface area contributed by atoms with Gasteiger partial charge in [-0.3, -0.25) is 15.6 Å². The molecule has 68 valence electrons. The number of nitrogens with two attached hydrogens (primary N) is 1. The van der Waals surface area contributed by atoms with E-state index in [2.05, 4.69) is 10.9 Å². The molecule has 1 saturated heterocycles. The van der Waals surface area contributed by atoms with Crippen LogP contribution in [-0.2, 0) is 4.79 Å². The number of amides is 1. The van der Waals surface area contributed by atoms with Crippen molar-refractivity contribution in [3.8, 4) is 0 Å². The zero-order chi connectivity index (χ0) is 8.60. The van der Waals surface area contributed by atoms with E-state index in [0.717, 1.165) is 32.2 Å². The summed E-state index contributed by atoms with van der Waals surface area (Å²) in [5, 5.41) is 0. The van der Waals surface area contributed by atoms with Gasteiger partial charge in [0.1, 0.15) is 0 Å². The van der Waals surface area contributed by atoms with Gasteiger partial charge in [-0.2, -0.15) is 0 Å². The molecule has 0 bridgehead atoms. The number of hydrogen-bond donors (Lipinski definition) is 3. The van der Waals surface area contributed by atoms with Gasteiger partial charge >= 0.3 is 0 Å². The predicted octanol–water partition coefficient (Wildman–Crippen LogP) is -0.492. The van der Waals surface area contributed by atoms with Crippen molar-refractivity contribution < 1.29 is 4.79 Å². The molecule has 4 N–H and O–H groups in total. The molecule has 2 unspecified atom stereocenters. The van der Waals surface area contributed by atoms with Crippen LogP contribution in [0.1, 0.15) is 25.7 Å². The maximum absolute atomic E-state index is 10.9. The van der Waals surface area contributed by atoms with E-state index in [9.17, 15) is 4.79 Å². The molecule has 12 heavy (non-hydrogen) atoms. The predicted molar refractivity (Wildman–Crippen MR) is 45.0 cm³/mol. The van der Waals surface area contributed by atoms with Gasteiger partial charge in [-0.25, -0.2) is 0 Å². The van der Waals surface area contributed by atoms with E-state index in [1.807, 2.05) is 0 Å². The van der Waals surface area contributed by atoms with Crippen LogP contribution in [0.15, 0.2) is 0 Å². The van der Waals surface area contributed by atoms with E-state index >= 15 is 0 Å². The quantitative estimate of drug-likeness (QED) is 0.496. The van der Waals surface area contributed by atoms with Crippen molar-refractivity contribution in [2.24, 2.45) is 11.7 Å². The summed E-state index contributed by atoms with van der Waals surface area (Å²) in [5.74, 6) is -0.0435. The molecule has 1 spiro atoms. The van der Waals surface area contributed by atoms with Gasteiger partial charge in [-0.15, -0.1) is 0 Å². The molecule has 2 atom stereocenters. The molecule has 0 aromatic heterocycles. The molecular weight excluding hydrogens is 154 g/mol. The SMILES string of the molecule is NC(=O)C1CCC2(CCNN2)C1. The van der Waals surface area contributed by atoms with E-state index < -0.39 is 0 Å². The largest absolute Gasteiger partial charge is 0.369 e. The van der Waals surface area contributed by atoms with Gasteiger partial charge in [0.15, 0.2) is 0 Å². The number of carbonyl (C=O) groups excluding carboxylic acids is 1. The second kappa shape index (κ2) is 2.71. The van der Waals surface area contributed by atoms with Crippen molar-refractivity contribution in [1.29, 1.82) is 0 Å². The molecule has 1 saturated carbocycles. The van der Waals surface area contributed by atoms with Gasteiger partial charge in [-0.1, -0.05) is 0 Å². The molecule has 2 fully saturated rings. The Bertz CT molecular complexity index is 198. The lowest BCUT2D eigenvalue weighted by Gasteiger charge is -2.21. The van der Waals surface area contributed by atoms with E-state index in [1.165, 1.54) is 0 Å². The number of carbonyl (C=O) groups is 1. The van der Waals surface area contributed by atoms with Crippen molar-refractivity contribution in [2.45, 2.75) is 31.2 Å². The first-order valence-electron chi connectivity index (χ1n) is 4.51. The van der Waals surface area contributed by atoms with Crippen LogP contribution in [0, 0.1) is 5.92 Å². The minimum Gasteiger partial charge on any atom is -0.369 e. The highest BCUT2D eigenvalue weighted by molar-refractivity contribution is 5.77. The molecule has 4 nitrogen and oxygen atoms in total. The summed E-state index contributed by atoms with van der Waals surface area (Å²) in [6, 6.07) is 0. The third kappa shape index (κ3) is 1.21. The average molecular weight is 169 g/mol. The Morgan fingerprint density at radius 3 is 2.83 bits per heavy atom. The van der Waals surface area contributed by atoms with Crippen LogP contribution in [0.5, 0.6) is 0 Å². The standard InChI is InChI=1S/C8H15N3O/c9-7(12)6-1-2-8(5-6)3-4-10-11-8/h6,10-11H,1-5H2,(H2,9,12). The fourth-order valence-electron chi connectivity index (χ4n) is 2.32. The van der Waals surface area contributed by atoms with Crippen LogP contribution in [0.4, 0.5) is 0 Å². The van der Waals surface area contributed by atoms with E-state index in [-0.39, 0.29) is 17.4 Å². The lowest BCUT2D eigenvalue weighted by Crippen LogP contribution is -2.42. The Morgan fingerprint density at radius 2 is 2.33 bits per heavy atom. The molecule has 1 aliphatic heterocycles. The maximum atomic E-state index is 10.9. The third-order valence-corrected chi connectivity index (χ3v) is 3.09. The van der Waals surface area contributed by atoms with Gasteiger partial charge in [0.05, 0.1) is 0 Å². The van der Waals surface area contributed by atoms with Gasteiger partial charge in [-0.05, 0) is 25.7 Å². The topological polar surface area (TPSA) is 67.2 Å². The fourth-order valence-corrected chi connectivity index (χ4v) is 2.32. The van der Waals surface area contributed by atoms with E-state index in [0.29, 0.717) is 0 Å². The Labute approximate surface area is 71.9 Å². The number of rotatable bonds is 1. The molecule has 2 aliphatic rings. The monoisotopic (exact) mass is 169 g/mol. The van der Waals surface area contributed by atoms with Gasteiger partial charge in [0.25, 0.3) is 0 Å². The Balaban J connectivity index is 2.01. The molecular formula is C8H15N3O. The van der Waals surface area contributed by atoms with Gasteiger partial charge < -0.3 is 5.73 Å². The highest BCUT2D eigenvalue weighted by Crippen LogP contribution is 2.37. The Hall–Kier alpha value is -0.610. The first kappa shape index (κ1) is 8.01. The van der Waals surface area contributed by atoms with Crippen molar-refractivity contribution in [1.82, 2.24) is 10.9 Å². The van der Waals surface area contributed by atoms with Gasteiger partial charge in [0, 0.05) is 18.0 Å². The lowest BCUT2D eigenvalue weighted by atomic mass is 9.94. The summed E-state index contributed by atoms with van der Waals surface area (Å²) in [7, 11) is 0. The minimum absolute atomic E-state index is 0.0948. The number of nitrogens with one attached hydrogen (secondary N) is 2. The van der Waals surface area contributed by atoms with Crippen molar-refractivity contribution in [3.63, 3.8) is 0 Å². The molecule has 4 heteroatoms. The summed E-state index contributed by atoms with van der Waals surface area (Å²) >= 11 is 0. The van der Waals surface area contributed by atoms with E-state index in [1.54, 1.807) is 0 Å². The molecule has 1 aliphatic carbocycles. The van der Waals surface area contributed by atoms with Crippen LogP contribution in [0.3, 0.4) is 0 Å². The first-order valence-corrected chi connectivity index (χ1v) is 4.51. The van der Waals surface area contributed by atoms with Crippen LogP contribution in [0.2, 0.25) is 0 Å². The number of primary amides is 1. The minimum atomic E-state index is -0.138. The highest BCUT2D eigenvalue weighted by atomic mass is 16.1. The Morgan fingerprint density at radius 1 is 1.50 bits per heavy atom. The zero-order valence-corrected chi connectivity index (χ0v) is 7.10. The second-order valence-electron chi connectivity index (χ2n) is 3.92. The number of hydrazine groups is 1. The van der Waals surface area contributed by atoms with Crippen LogP contribution < -0.4 is 16.6 Å². The lowest BCUT2D eigenvalue weighted by molar-refractivity contribution is -0.121. The van der Waals surface area contributed by atoms with Crippen LogP contribution in [-0.4, -0.2) is 18.0 Å². The smallest absolute Gasteiger partial charge is 0.220 e. The second-order valence-corrected chi connectivity index (χ2v) is 3.92. The summed E-state index contributed by atoms with van der Waals surface area (Å²) in [6.45, 7) is 1.01.